The lowest BCUT2D eigenvalue weighted by Gasteiger charge is -2.26. The molecular formula is C28H36N4O5S. The maximum absolute atomic E-state index is 5.84. The van der Waals surface area contributed by atoms with Gasteiger partial charge in [0.1, 0.15) is 11.5 Å². The van der Waals surface area contributed by atoms with Crippen LogP contribution in [0.5, 0.6) is 11.5 Å². The summed E-state index contributed by atoms with van der Waals surface area (Å²) < 4.78 is 27.5. The fourth-order valence-electron chi connectivity index (χ4n) is 3.65. The molecule has 0 N–H and O–H groups in total. The van der Waals surface area contributed by atoms with E-state index in [0.29, 0.717) is 37.9 Å². The van der Waals surface area contributed by atoms with Gasteiger partial charge in [0.25, 0.3) is 0 Å². The third-order valence-electron chi connectivity index (χ3n) is 5.42. The monoisotopic (exact) mass is 540 g/mol. The van der Waals surface area contributed by atoms with E-state index in [1.165, 1.54) is 12.0 Å². The van der Waals surface area contributed by atoms with Crippen LogP contribution in [-0.4, -0.2) is 82.6 Å². The van der Waals surface area contributed by atoms with E-state index in [2.05, 4.69) is 16.5 Å². The van der Waals surface area contributed by atoms with Crippen molar-refractivity contribution in [3.05, 3.63) is 67.1 Å². The van der Waals surface area contributed by atoms with Gasteiger partial charge in [-0.25, -0.2) is 4.98 Å². The molecule has 10 heteroatoms. The molecule has 0 fully saturated rings. The second-order valence-electron chi connectivity index (χ2n) is 8.35. The predicted octanol–water partition coefficient (Wildman–Crippen LogP) is 5.16. The highest BCUT2D eigenvalue weighted by molar-refractivity contribution is 7.93. The molecule has 0 saturated heterocycles. The number of fused-ring (bicyclic) bond motifs is 1. The average Bonchev–Trinajstić information content (AvgIpc) is 2.93. The SMILES string of the molecule is C=C/C(=C\N(C)C)c1cnc2ccc(N(CCOSC)c3cc(OC)cc(OCOCCOC)c3)cc2n1. The fraction of sp³-hybridized carbons (Fsp3) is 0.357. The minimum Gasteiger partial charge on any atom is -0.497 e. The zero-order chi connectivity index (χ0) is 27.3. The lowest BCUT2D eigenvalue weighted by atomic mass is 10.1. The lowest BCUT2D eigenvalue weighted by molar-refractivity contribution is -0.00851. The van der Waals surface area contributed by atoms with E-state index in [-0.39, 0.29) is 6.79 Å². The molecule has 0 spiro atoms. The van der Waals surface area contributed by atoms with E-state index in [1.54, 1.807) is 26.5 Å². The molecule has 1 heterocycles. The topological polar surface area (TPSA) is 78.4 Å². The van der Waals surface area contributed by atoms with Crippen LogP contribution < -0.4 is 14.4 Å². The molecule has 204 valence electrons. The molecule has 1 aromatic heterocycles. The molecule has 0 unspecified atom stereocenters. The van der Waals surface area contributed by atoms with E-state index in [0.717, 1.165) is 33.7 Å². The van der Waals surface area contributed by atoms with Crippen molar-refractivity contribution >= 4 is 40.0 Å². The van der Waals surface area contributed by atoms with Gasteiger partial charge in [-0.1, -0.05) is 12.7 Å². The van der Waals surface area contributed by atoms with E-state index in [9.17, 15) is 0 Å². The Kier molecular flexibility index (Phi) is 11.7. The van der Waals surface area contributed by atoms with Gasteiger partial charge < -0.3 is 32.9 Å². The number of benzene rings is 2. The second-order valence-corrected chi connectivity index (χ2v) is 8.92. The van der Waals surface area contributed by atoms with E-state index in [1.807, 2.05) is 67.8 Å². The molecule has 3 aromatic rings. The Bertz CT molecular complexity index is 1220. The number of ether oxygens (including phenoxy) is 4. The number of hydrogen-bond acceptors (Lipinski definition) is 10. The number of allylic oxidation sites excluding steroid dienone is 2. The number of anilines is 2. The Morgan fingerprint density at radius 2 is 1.82 bits per heavy atom. The molecule has 0 aliphatic heterocycles. The first-order valence-electron chi connectivity index (χ1n) is 12.1. The summed E-state index contributed by atoms with van der Waals surface area (Å²) in [6.07, 6.45) is 7.42. The minimum atomic E-state index is 0.103. The standard InChI is InChI=1S/C28H36N4O5S/c1-7-21(19-31(2)3)28-18-29-26-9-8-22(16-27(26)30-28)32(10-11-37-38-6)23-14-24(34-5)17-25(15-23)36-20-35-13-12-33-4/h7-9,14-19H,1,10-13,20H2,2-6H3/b21-19+. The van der Waals surface area contributed by atoms with E-state index < -0.39 is 0 Å². The van der Waals surface area contributed by atoms with Crippen molar-refractivity contribution in [3.8, 4) is 11.5 Å². The van der Waals surface area contributed by atoms with Gasteiger partial charge in [0, 0.05) is 75.4 Å². The number of rotatable bonds is 16. The summed E-state index contributed by atoms with van der Waals surface area (Å²) in [6, 6.07) is 11.7. The maximum atomic E-state index is 5.84. The van der Waals surface area contributed by atoms with Gasteiger partial charge in [0.05, 0.1) is 49.9 Å². The number of nitrogens with zero attached hydrogens (tertiary/aromatic N) is 4. The lowest BCUT2D eigenvalue weighted by Crippen LogP contribution is -2.22. The van der Waals surface area contributed by atoms with E-state index >= 15 is 0 Å². The van der Waals surface area contributed by atoms with Crippen molar-refractivity contribution in [3.63, 3.8) is 0 Å². The zero-order valence-electron chi connectivity index (χ0n) is 22.7. The highest BCUT2D eigenvalue weighted by atomic mass is 32.2. The molecule has 0 saturated carbocycles. The summed E-state index contributed by atoms with van der Waals surface area (Å²) in [5.41, 5.74) is 5.02. The summed E-state index contributed by atoms with van der Waals surface area (Å²) in [4.78, 5) is 13.6. The Hall–Kier alpha value is -3.31. The van der Waals surface area contributed by atoms with Crippen LogP contribution in [0.3, 0.4) is 0 Å². The van der Waals surface area contributed by atoms with Crippen molar-refractivity contribution in [2.24, 2.45) is 0 Å². The Labute approximate surface area is 229 Å². The van der Waals surface area contributed by atoms with Crippen molar-refractivity contribution in [1.82, 2.24) is 14.9 Å². The first kappa shape index (κ1) is 29.2. The average molecular weight is 541 g/mol. The fourth-order valence-corrected chi connectivity index (χ4v) is 3.89. The molecule has 0 amide bonds. The van der Waals surface area contributed by atoms with E-state index in [4.69, 9.17) is 28.1 Å². The van der Waals surface area contributed by atoms with Crippen molar-refractivity contribution in [1.29, 1.82) is 0 Å². The highest BCUT2D eigenvalue weighted by Crippen LogP contribution is 2.34. The van der Waals surface area contributed by atoms with Crippen LogP contribution in [0.4, 0.5) is 11.4 Å². The number of aromatic nitrogens is 2. The van der Waals surface area contributed by atoms with Crippen LogP contribution in [0.2, 0.25) is 0 Å². The maximum Gasteiger partial charge on any atom is 0.189 e. The first-order chi connectivity index (χ1) is 18.5. The Morgan fingerprint density at radius 1 is 1.00 bits per heavy atom. The molecule has 2 aromatic carbocycles. The normalized spacial score (nSPS) is 11.4. The number of methoxy groups -OCH3 is 2. The molecule has 0 atom stereocenters. The number of hydrogen-bond donors (Lipinski definition) is 0. The summed E-state index contributed by atoms with van der Waals surface area (Å²) in [6.45, 7) is 6.08. The summed E-state index contributed by atoms with van der Waals surface area (Å²) in [5.74, 6) is 1.29. The van der Waals surface area contributed by atoms with Crippen LogP contribution in [0.1, 0.15) is 5.69 Å². The second kappa shape index (κ2) is 15.2. The third kappa shape index (κ3) is 8.35. The van der Waals surface area contributed by atoms with Gasteiger partial charge in [-0.15, -0.1) is 0 Å². The van der Waals surface area contributed by atoms with Crippen LogP contribution in [0.15, 0.2) is 61.4 Å². The molecule has 0 aliphatic carbocycles. The minimum absolute atomic E-state index is 0.103. The quantitative estimate of drug-likeness (QED) is 0.105. The van der Waals surface area contributed by atoms with Crippen molar-refractivity contribution in [2.45, 2.75) is 0 Å². The Morgan fingerprint density at radius 3 is 2.53 bits per heavy atom. The highest BCUT2D eigenvalue weighted by Gasteiger charge is 2.15. The summed E-state index contributed by atoms with van der Waals surface area (Å²) in [7, 11) is 7.18. The van der Waals surface area contributed by atoms with Crippen molar-refractivity contribution in [2.75, 3.05) is 72.6 Å². The molecule has 3 rings (SSSR count). The van der Waals surface area contributed by atoms with Crippen LogP contribution in [0.25, 0.3) is 16.6 Å². The largest absolute Gasteiger partial charge is 0.497 e. The molecule has 0 radical (unpaired) electrons. The summed E-state index contributed by atoms with van der Waals surface area (Å²) >= 11 is 1.33. The van der Waals surface area contributed by atoms with Crippen LogP contribution >= 0.6 is 12.0 Å². The van der Waals surface area contributed by atoms with Gasteiger partial charge in [0.15, 0.2) is 6.79 Å². The third-order valence-corrected chi connectivity index (χ3v) is 5.82. The van der Waals surface area contributed by atoms with Gasteiger partial charge in [-0.05, 0) is 30.2 Å². The Balaban J connectivity index is 1.99. The predicted molar refractivity (Wildman–Crippen MR) is 154 cm³/mol. The van der Waals surface area contributed by atoms with Gasteiger partial charge >= 0.3 is 0 Å². The first-order valence-corrected chi connectivity index (χ1v) is 13.2. The molecule has 0 bridgehead atoms. The van der Waals surface area contributed by atoms with Gasteiger partial charge in [0.2, 0.25) is 0 Å². The molecule has 0 aliphatic rings. The molecule has 9 nitrogen and oxygen atoms in total. The zero-order valence-corrected chi connectivity index (χ0v) is 23.5. The van der Waals surface area contributed by atoms with Crippen LogP contribution in [0, 0.1) is 0 Å². The smallest absolute Gasteiger partial charge is 0.189 e. The van der Waals surface area contributed by atoms with Gasteiger partial charge in [-0.2, -0.15) is 0 Å². The summed E-state index contributed by atoms with van der Waals surface area (Å²) in [5, 5.41) is 0. The molecular weight excluding hydrogens is 504 g/mol. The van der Waals surface area contributed by atoms with Gasteiger partial charge in [-0.3, -0.25) is 4.98 Å². The van der Waals surface area contributed by atoms with Crippen LogP contribution in [-0.2, 0) is 13.7 Å². The molecule has 38 heavy (non-hydrogen) atoms. The van der Waals surface area contributed by atoms with Crippen molar-refractivity contribution < 1.29 is 23.1 Å².